The second kappa shape index (κ2) is 7.58. The number of aryl methyl sites for hydroxylation is 1. The molecule has 0 heterocycles. The number of fused-ring (bicyclic) bond motifs is 2. The van der Waals surface area contributed by atoms with Gasteiger partial charge in [0.05, 0.1) is 11.3 Å². The van der Waals surface area contributed by atoms with Crippen molar-refractivity contribution in [3.05, 3.63) is 119 Å². The summed E-state index contributed by atoms with van der Waals surface area (Å²) in [5, 5.41) is 6.61. The quantitative estimate of drug-likeness (QED) is 0.371. The Morgan fingerprint density at radius 3 is 1.87 bits per heavy atom. The van der Waals surface area contributed by atoms with Crippen LogP contribution in [-0.2, 0) is 0 Å². The molecule has 4 nitrogen and oxygen atoms in total. The molecule has 2 N–H and O–H groups in total. The van der Waals surface area contributed by atoms with E-state index in [2.05, 4.69) is 10.6 Å². The molecule has 0 amide bonds. The molecule has 0 saturated carbocycles. The van der Waals surface area contributed by atoms with E-state index in [4.69, 9.17) is 0 Å². The summed E-state index contributed by atoms with van der Waals surface area (Å²) in [7, 11) is 0. The van der Waals surface area contributed by atoms with Crippen molar-refractivity contribution in [3.63, 3.8) is 0 Å². The van der Waals surface area contributed by atoms with Gasteiger partial charge in [0.15, 0.2) is 11.6 Å². The van der Waals surface area contributed by atoms with Gasteiger partial charge in [-0.2, -0.15) is 0 Å². The van der Waals surface area contributed by atoms with Crippen LogP contribution in [0.2, 0.25) is 0 Å². The summed E-state index contributed by atoms with van der Waals surface area (Å²) >= 11 is 0. The Bertz CT molecular complexity index is 1310. The monoisotopic (exact) mass is 404 g/mol. The van der Waals surface area contributed by atoms with Crippen LogP contribution in [0.4, 0.5) is 22.7 Å². The summed E-state index contributed by atoms with van der Waals surface area (Å²) in [6, 6.07) is 28.4. The smallest absolute Gasteiger partial charge is 0.196 e. The molecule has 0 atom stereocenters. The average molecular weight is 404 g/mol. The molecule has 0 spiro atoms. The fourth-order valence-electron chi connectivity index (χ4n) is 4.07. The Kier molecular flexibility index (Phi) is 4.60. The minimum Gasteiger partial charge on any atom is -0.355 e. The second-order valence-corrected chi connectivity index (χ2v) is 7.58. The maximum absolute atomic E-state index is 13.5. The third-order valence-corrected chi connectivity index (χ3v) is 5.46. The first-order chi connectivity index (χ1) is 15.1. The van der Waals surface area contributed by atoms with E-state index in [0.29, 0.717) is 27.9 Å². The summed E-state index contributed by atoms with van der Waals surface area (Å²) in [5.41, 5.74) is 5.74. The van der Waals surface area contributed by atoms with Crippen LogP contribution >= 0.6 is 0 Å². The number of benzene rings is 4. The van der Waals surface area contributed by atoms with Crippen LogP contribution in [-0.4, -0.2) is 11.6 Å². The highest BCUT2D eigenvalue weighted by Gasteiger charge is 2.33. The number of rotatable bonds is 4. The lowest BCUT2D eigenvalue weighted by atomic mass is 9.81. The van der Waals surface area contributed by atoms with Crippen LogP contribution in [0.25, 0.3) is 0 Å². The maximum atomic E-state index is 13.5. The van der Waals surface area contributed by atoms with Crippen molar-refractivity contribution in [2.75, 3.05) is 10.6 Å². The molecule has 0 unspecified atom stereocenters. The topological polar surface area (TPSA) is 58.2 Å². The van der Waals surface area contributed by atoms with Crippen LogP contribution in [0.3, 0.4) is 0 Å². The minimum atomic E-state index is -0.138. The van der Waals surface area contributed by atoms with Crippen molar-refractivity contribution in [3.8, 4) is 0 Å². The van der Waals surface area contributed by atoms with Gasteiger partial charge in [-0.05, 0) is 55.0 Å². The third-order valence-electron chi connectivity index (χ3n) is 5.46. The molecule has 150 valence electrons. The number of ketones is 2. The molecule has 0 radical (unpaired) electrons. The van der Waals surface area contributed by atoms with Gasteiger partial charge in [-0.1, -0.05) is 48.5 Å². The Morgan fingerprint density at radius 2 is 1.19 bits per heavy atom. The number of para-hydroxylation sites is 2. The van der Waals surface area contributed by atoms with Gasteiger partial charge in [0.2, 0.25) is 0 Å². The van der Waals surface area contributed by atoms with E-state index in [-0.39, 0.29) is 11.6 Å². The zero-order chi connectivity index (χ0) is 21.4. The Morgan fingerprint density at radius 1 is 0.548 bits per heavy atom. The predicted octanol–water partition coefficient (Wildman–Crippen LogP) is 6.26. The summed E-state index contributed by atoms with van der Waals surface area (Å²) in [6.07, 6.45) is 0. The molecule has 4 aromatic carbocycles. The van der Waals surface area contributed by atoms with E-state index in [0.717, 1.165) is 22.6 Å². The number of hydrogen-bond donors (Lipinski definition) is 2. The molecule has 1 aliphatic rings. The normalized spacial score (nSPS) is 12.2. The van der Waals surface area contributed by atoms with Gasteiger partial charge in [0.25, 0.3) is 0 Å². The SMILES string of the molecule is Cc1cc(Nc2ccccc2)cc2c1C(=O)c1c(Nc3ccccc3)cccc1C2=O. The van der Waals surface area contributed by atoms with Crippen molar-refractivity contribution in [1.82, 2.24) is 0 Å². The van der Waals surface area contributed by atoms with Gasteiger partial charge >= 0.3 is 0 Å². The van der Waals surface area contributed by atoms with Gasteiger partial charge in [-0.25, -0.2) is 0 Å². The van der Waals surface area contributed by atoms with Gasteiger partial charge in [0, 0.05) is 33.8 Å². The number of nitrogens with one attached hydrogen (secondary N) is 2. The second-order valence-electron chi connectivity index (χ2n) is 7.58. The Labute approximate surface area is 180 Å². The van der Waals surface area contributed by atoms with E-state index >= 15 is 0 Å². The van der Waals surface area contributed by atoms with Crippen LogP contribution in [0.5, 0.6) is 0 Å². The molecule has 31 heavy (non-hydrogen) atoms. The van der Waals surface area contributed by atoms with Gasteiger partial charge in [-0.15, -0.1) is 0 Å². The summed E-state index contributed by atoms with van der Waals surface area (Å²) in [4.78, 5) is 26.9. The molecule has 1 aliphatic carbocycles. The van der Waals surface area contributed by atoms with Gasteiger partial charge < -0.3 is 10.6 Å². The van der Waals surface area contributed by atoms with Crippen LogP contribution in [0, 0.1) is 6.92 Å². The summed E-state index contributed by atoms with van der Waals surface area (Å²) < 4.78 is 0. The predicted molar refractivity (Wildman–Crippen MR) is 124 cm³/mol. The molecule has 4 heteroatoms. The van der Waals surface area contributed by atoms with E-state index < -0.39 is 0 Å². The molecular formula is C27H20N2O2. The highest BCUT2D eigenvalue weighted by molar-refractivity contribution is 6.31. The largest absolute Gasteiger partial charge is 0.355 e. The first-order valence-corrected chi connectivity index (χ1v) is 10.1. The number of carbonyl (C=O) groups excluding carboxylic acids is 2. The number of anilines is 4. The third kappa shape index (κ3) is 3.38. The van der Waals surface area contributed by atoms with E-state index in [9.17, 15) is 9.59 Å². The molecule has 0 bridgehead atoms. The van der Waals surface area contributed by atoms with Crippen molar-refractivity contribution in [2.24, 2.45) is 0 Å². The minimum absolute atomic E-state index is 0.132. The standard InChI is InChI=1S/C27H20N2O2/c1-17-15-20(28-18-9-4-2-5-10-18)16-22-24(17)27(31)25-21(26(22)30)13-8-14-23(25)29-19-11-6-3-7-12-19/h2-16,28-29H,1H3. The van der Waals surface area contributed by atoms with Crippen molar-refractivity contribution >= 4 is 34.3 Å². The molecule has 0 saturated heterocycles. The Hall–Kier alpha value is -4.18. The maximum Gasteiger partial charge on any atom is 0.196 e. The molecule has 5 rings (SSSR count). The molecule has 0 aliphatic heterocycles. The number of hydrogen-bond acceptors (Lipinski definition) is 4. The fourth-order valence-corrected chi connectivity index (χ4v) is 4.07. The van der Waals surface area contributed by atoms with E-state index in [1.807, 2.05) is 79.7 Å². The van der Waals surface area contributed by atoms with E-state index in [1.54, 1.807) is 18.2 Å². The van der Waals surface area contributed by atoms with Crippen LogP contribution in [0.1, 0.15) is 37.4 Å². The lowest BCUT2D eigenvalue weighted by molar-refractivity contribution is 0.0979. The number of carbonyl (C=O) groups is 2. The first-order valence-electron chi connectivity index (χ1n) is 10.1. The lowest BCUT2D eigenvalue weighted by Gasteiger charge is -2.23. The van der Waals surface area contributed by atoms with E-state index in [1.165, 1.54) is 0 Å². The zero-order valence-electron chi connectivity index (χ0n) is 17.0. The highest BCUT2D eigenvalue weighted by atomic mass is 16.1. The summed E-state index contributed by atoms with van der Waals surface area (Å²) in [5.74, 6) is -0.270. The van der Waals surface area contributed by atoms with Gasteiger partial charge in [0.1, 0.15) is 0 Å². The van der Waals surface area contributed by atoms with Crippen molar-refractivity contribution < 1.29 is 9.59 Å². The molecule has 0 fully saturated rings. The molecule has 4 aromatic rings. The fraction of sp³-hybridized carbons (Fsp3) is 0.0370. The molecule has 0 aromatic heterocycles. The van der Waals surface area contributed by atoms with Crippen LogP contribution in [0.15, 0.2) is 91.0 Å². The lowest BCUT2D eigenvalue weighted by Crippen LogP contribution is -2.23. The van der Waals surface area contributed by atoms with Crippen molar-refractivity contribution in [1.29, 1.82) is 0 Å². The van der Waals surface area contributed by atoms with Crippen LogP contribution < -0.4 is 10.6 Å². The average Bonchev–Trinajstić information content (AvgIpc) is 2.78. The molecular weight excluding hydrogens is 384 g/mol. The van der Waals surface area contributed by atoms with Gasteiger partial charge in [-0.3, -0.25) is 9.59 Å². The summed E-state index contributed by atoms with van der Waals surface area (Å²) in [6.45, 7) is 1.87. The highest BCUT2D eigenvalue weighted by Crippen LogP contribution is 2.36. The zero-order valence-corrected chi connectivity index (χ0v) is 17.0. The Balaban J connectivity index is 1.58. The first kappa shape index (κ1) is 18.8. The van der Waals surface area contributed by atoms with Crippen molar-refractivity contribution in [2.45, 2.75) is 6.92 Å².